The maximum Gasteiger partial charge on any atom is 0.299 e. The van der Waals surface area contributed by atoms with Gasteiger partial charge in [0.15, 0.2) is 5.82 Å². The van der Waals surface area contributed by atoms with Crippen molar-refractivity contribution >= 4 is 43.5 Å². The second-order valence-electron chi connectivity index (χ2n) is 5.56. The van der Waals surface area contributed by atoms with E-state index >= 15 is 0 Å². The van der Waals surface area contributed by atoms with E-state index in [0.29, 0.717) is 17.2 Å². The van der Waals surface area contributed by atoms with E-state index in [-0.39, 0.29) is 5.82 Å². The van der Waals surface area contributed by atoms with Gasteiger partial charge in [-0.25, -0.2) is 10.8 Å². The van der Waals surface area contributed by atoms with E-state index in [4.69, 9.17) is 13.8 Å². The van der Waals surface area contributed by atoms with Crippen LogP contribution in [0.1, 0.15) is 1.37 Å². The fourth-order valence-corrected chi connectivity index (χ4v) is 2.86. The first-order valence-electron chi connectivity index (χ1n) is 9.64. The average molecular weight is 594 g/mol. The Balaban J connectivity index is 0.000000296. The Morgan fingerprint density at radius 2 is 1.32 bits per heavy atom. The molecule has 176 valence electrons. The molecule has 0 saturated carbocycles. The molecule has 0 aliphatic carbocycles. The number of halogens is 3. The molecule has 0 radical (unpaired) electrons. The highest BCUT2D eigenvalue weighted by Crippen LogP contribution is 2.26. The Hall–Kier alpha value is -3.48. The number of hydrazine groups is 2. The fraction of sp³-hybridized carbons (Fsp3) is 0.0500. The number of aromatic nitrogens is 6. The zero-order valence-electron chi connectivity index (χ0n) is 18.5. The maximum absolute atomic E-state index is 9.96. The van der Waals surface area contributed by atoms with Crippen molar-refractivity contribution in [1.29, 1.82) is 0 Å². The second kappa shape index (κ2) is 16.2. The third-order valence-electron chi connectivity index (χ3n) is 3.70. The zero-order chi connectivity index (χ0) is 26.1. The van der Waals surface area contributed by atoms with Crippen molar-refractivity contribution in [2.24, 2.45) is 17.5 Å². The number of nitrogens with two attached hydrogens (primary N) is 3. The summed E-state index contributed by atoms with van der Waals surface area (Å²) in [5, 5.41) is 15.3. The summed E-state index contributed by atoms with van der Waals surface area (Å²) in [6.07, 6.45) is 2.62. The van der Waals surface area contributed by atoms with E-state index < -0.39 is 7.15 Å². The van der Waals surface area contributed by atoms with Gasteiger partial charge in [-0.15, -0.1) is 20.3 Å². The SMILES string of the molecule is NN.NNc1ncnnc1-c1ccc(Br)cc1.[2H]CF.[C-]#[N+]c1ncnnc1-c1ccc(Br)cc1. The molecule has 0 fully saturated rings. The molecule has 2 aromatic carbocycles. The molecule has 0 atom stereocenters. The van der Waals surface area contributed by atoms with Crippen LogP contribution in [-0.4, -0.2) is 37.5 Å². The fourth-order valence-electron chi connectivity index (χ4n) is 2.33. The van der Waals surface area contributed by atoms with Gasteiger partial charge in [-0.05, 0) is 29.8 Å². The van der Waals surface area contributed by atoms with Gasteiger partial charge in [-0.1, -0.05) is 62.7 Å². The van der Waals surface area contributed by atoms with Crippen molar-refractivity contribution in [1.82, 2.24) is 30.4 Å². The van der Waals surface area contributed by atoms with Crippen molar-refractivity contribution in [3.05, 3.63) is 81.5 Å². The summed E-state index contributed by atoms with van der Waals surface area (Å²) in [6, 6.07) is 15.2. The smallest absolute Gasteiger partial charge is 0.299 e. The highest BCUT2D eigenvalue weighted by Gasteiger charge is 2.08. The van der Waals surface area contributed by atoms with Gasteiger partial charge in [-0.2, -0.15) is 5.10 Å². The lowest BCUT2D eigenvalue weighted by Crippen LogP contribution is -2.11. The molecule has 4 aromatic rings. The van der Waals surface area contributed by atoms with Crippen LogP contribution in [0, 0.1) is 6.57 Å². The van der Waals surface area contributed by atoms with E-state index in [9.17, 15) is 4.39 Å². The quantitative estimate of drug-likeness (QED) is 0.155. The van der Waals surface area contributed by atoms with Gasteiger partial charge in [0.2, 0.25) is 6.33 Å². The van der Waals surface area contributed by atoms with Crippen molar-refractivity contribution < 1.29 is 5.76 Å². The van der Waals surface area contributed by atoms with Crippen LogP contribution in [0.3, 0.4) is 0 Å². The van der Waals surface area contributed by atoms with Crippen molar-refractivity contribution in [3.8, 4) is 22.5 Å². The van der Waals surface area contributed by atoms with Gasteiger partial charge in [0.1, 0.15) is 17.7 Å². The Morgan fingerprint density at radius 3 is 1.79 bits per heavy atom. The van der Waals surface area contributed by atoms with Gasteiger partial charge in [-0.3, -0.25) is 16.1 Å². The summed E-state index contributed by atoms with van der Waals surface area (Å²) in [5.41, 5.74) is 5.38. The minimum absolute atomic E-state index is 0.271. The second-order valence-corrected chi connectivity index (χ2v) is 7.39. The molecule has 34 heavy (non-hydrogen) atoms. The molecule has 2 heterocycles. The molecule has 0 bridgehead atoms. The molecule has 7 N–H and O–H groups in total. The summed E-state index contributed by atoms with van der Waals surface area (Å²) in [6.45, 7) is 6.96. The number of anilines is 1. The van der Waals surface area contributed by atoms with E-state index in [1.54, 1.807) is 0 Å². The number of rotatable bonds is 3. The van der Waals surface area contributed by atoms with Gasteiger partial charge in [0.05, 0.1) is 8.52 Å². The van der Waals surface area contributed by atoms with Crippen molar-refractivity contribution in [2.75, 3.05) is 12.6 Å². The summed E-state index contributed by atoms with van der Waals surface area (Å²) in [4.78, 5) is 11.1. The number of nitrogen functional groups attached to an aromatic ring is 1. The molecular formula is C20H20Br2FN11. The summed E-state index contributed by atoms with van der Waals surface area (Å²) < 4.78 is 17.5. The highest BCUT2D eigenvalue weighted by atomic mass is 79.9. The average Bonchev–Trinajstić information content (AvgIpc) is 2.91. The Morgan fingerprint density at radius 1 is 0.882 bits per heavy atom. The molecule has 0 spiro atoms. The number of nitrogens with zero attached hydrogens (tertiary/aromatic N) is 7. The van der Waals surface area contributed by atoms with Crippen LogP contribution in [0.4, 0.5) is 16.0 Å². The topological polar surface area (TPSA) is 172 Å². The Labute approximate surface area is 213 Å². The van der Waals surface area contributed by atoms with Crippen LogP contribution >= 0.6 is 31.9 Å². The third-order valence-corrected chi connectivity index (χ3v) is 4.76. The molecule has 0 aliphatic rings. The lowest BCUT2D eigenvalue weighted by Gasteiger charge is -2.04. The summed E-state index contributed by atoms with van der Waals surface area (Å²) >= 11 is 6.70. The van der Waals surface area contributed by atoms with Crippen molar-refractivity contribution in [2.45, 2.75) is 0 Å². The molecule has 0 amide bonds. The van der Waals surface area contributed by atoms with E-state index in [0.717, 1.165) is 20.1 Å². The number of hydrogen-bond donors (Lipinski definition) is 4. The monoisotopic (exact) mass is 592 g/mol. The largest absolute Gasteiger partial charge is 0.359 e. The first-order valence-corrected chi connectivity index (χ1v) is 10.5. The molecule has 4 rings (SSSR count). The predicted molar refractivity (Wildman–Crippen MR) is 135 cm³/mol. The Kier molecular flexibility index (Phi) is 12.7. The lowest BCUT2D eigenvalue weighted by atomic mass is 10.1. The minimum atomic E-state index is -1.00. The number of nitrogens with one attached hydrogen (secondary N) is 1. The number of alkyl halides is 1. The molecular weight excluding hydrogens is 573 g/mol. The third kappa shape index (κ3) is 8.46. The van der Waals surface area contributed by atoms with Crippen LogP contribution in [0.15, 0.2) is 70.1 Å². The number of benzene rings is 2. The zero-order valence-corrected chi connectivity index (χ0v) is 20.6. The van der Waals surface area contributed by atoms with Gasteiger partial charge in [0, 0.05) is 14.5 Å². The summed E-state index contributed by atoms with van der Waals surface area (Å²) in [7, 11) is -1.00. The van der Waals surface area contributed by atoms with E-state index in [2.05, 4.69) is 84.2 Å². The van der Waals surface area contributed by atoms with E-state index in [1.165, 1.54) is 12.7 Å². The van der Waals surface area contributed by atoms with Crippen LogP contribution in [0.5, 0.6) is 0 Å². The standard InChI is InChI=1S/C10H5BrN4.C9H8BrN5.CH3F.H4N2/c1-12-10-9(15-14-6-13-10)7-2-4-8(11)5-3-7;10-7-3-1-6(2-4-7)8-9(14-11)12-5-13-15-8;2*1-2/h2-6H;1-5H,11H2,(H,12,13,14);1H3;1-2H2/i;;1D;. The van der Waals surface area contributed by atoms with Crippen LogP contribution < -0.4 is 23.0 Å². The molecule has 2 aromatic heterocycles. The molecule has 14 heteroatoms. The normalized spacial score (nSPS) is 9.38. The highest BCUT2D eigenvalue weighted by molar-refractivity contribution is 9.10. The van der Waals surface area contributed by atoms with Gasteiger partial charge >= 0.3 is 0 Å². The minimum Gasteiger partial charge on any atom is -0.359 e. The molecule has 0 saturated heterocycles. The summed E-state index contributed by atoms with van der Waals surface area (Å²) in [5.74, 6) is 14.1. The molecule has 0 unspecified atom stereocenters. The predicted octanol–water partition coefficient (Wildman–Crippen LogP) is 3.84. The number of hydrogen-bond acceptors (Lipinski definition) is 10. The van der Waals surface area contributed by atoms with Gasteiger partial charge in [0.25, 0.3) is 5.82 Å². The van der Waals surface area contributed by atoms with Crippen molar-refractivity contribution in [3.63, 3.8) is 0 Å². The first-order chi connectivity index (χ1) is 17.0. The Bertz CT molecular complexity index is 1190. The lowest BCUT2D eigenvalue weighted by molar-refractivity contribution is 0.636. The first kappa shape index (κ1) is 26.8. The molecule has 0 aliphatic heterocycles. The van der Waals surface area contributed by atoms with Crippen LogP contribution in [0.2, 0.25) is 0 Å². The van der Waals surface area contributed by atoms with Crippen LogP contribution in [0.25, 0.3) is 27.4 Å². The van der Waals surface area contributed by atoms with Crippen LogP contribution in [-0.2, 0) is 0 Å². The molecule has 11 nitrogen and oxygen atoms in total. The van der Waals surface area contributed by atoms with E-state index in [1.807, 2.05) is 48.5 Å². The maximum atomic E-state index is 9.96. The van der Waals surface area contributed by atoms with Gasteiger partial charge < -0.3 is 10.3 Å².